The van der Waals surface area contributed by atoms with Crippen molar-refractivity contribution in [2.75, 3.05) is 17.9 Å². The minimum Gasteiger partial charge on any atom is -0.497 e. The zero-order chi connectivity index (χ0) is 17.1. The number of anilines is 1. The largest absolute Gasteiger partial charge is 0.497 e. The van der Waals surface area contributed by atoms with Gasteiger partial charge in [-0.2, -0.15) is 0 Å². The van der Waals surface area contributed by atoms with Crippen LogP contribution >= 0.6 is 12.2 Å². The SMILES string of the molecule is COc1ccc(NC(=S)Nn2c(C)nc3ccccc3c2=O)cc1. The summed E-state index contributed by atoms with van der Waals surface area (Å²) in [4.78, 5) is 17.0. The van der Waals surface area contributed by atoms with Gasteiger partial charge in [0.25, 0.3) is 5.56 Å². The number of para-hydroxylation sites is 1. The van der Waals surface area contributed by atoms with E-state index >= 15 is 0 Å². The maximum atomic E-state index is 12.6. The fourth-order valence-corrected chi connectivity index (χ4v) is 2.52. The molecular weight excluding hydrogens is 324 g/mol. The van der Waals surface area contributed by atoms with Crippen molar-refractivity contribution in [1.82, 2.24) is 9.66 Å². The Morgan fingerprint density at radius 1 is 1.17 bits per heavy atom. The highest BCUT2D eigenvalue weighted by atomic mass is 32.1. The molecule has 0 amide bonds. The van der Waals surface area contributed by atoms with Crippen molar-refractivity contribution in [2.24, 2.45) is 0 Å². The van der Waals surface area contributed by atoms with Crippen LogP contribution in [0.3, 0.4) is 0 Å². The Morgan fingerprint density at radius 3 is 2.58 bits per heavy atom. The Morgan fingerprint density at radius 2 is 1.88 bits per heavy atom. The summed E-state index contributed by atoms with van der Waals surface area (Å²) >= 11 is 5.28. The molecule has 0 saturated carbocycles. The molecule has 0 saturated heterocycles. The molecule has 7 heteroatoms. The standard InChI is InChI=1S/C17H16N4O2S/c1-11-18-15-6-4-3-5-14(15)16(22)21(11)20-17(24)19-12-7-9-13(23-2)10-8-12/h3-10H,1-2H3,(H2,19,20,24). The van der Waals surface area contributed by atoms with Crippen molar-refractivity contribution in [3.63, 3.8) is 0 Å². The minimum atomic E-state index is -0.197. The number of aryl methyl sites for hydroxylation is 1. The molecule has 0 aliphatic rings. The molecule has 0 aliphatic heterocycles. The first-order chi connectivity index (χ1) is 11.6. The average Bonchev–Trinajstić information content (AvgIpc) is 2.59. The number of nitrogens with zero attached hydrogens (tertiary/aromatic N) is 2. The lowest BCUT2D eigenvalue weighted by Gasteiger charge is -2.15. The topological polar surface area (TPSA) is 68.2 Å². The molecule has 6 nitrogen and oxygen atoms in total. The number of ether oxygens (including phenoxy) is 1. The summed E-state index contributed by atoms with van der Waals surface area (Å²) in [6, 6.07) is 14.5. The van der Waals surface area contributed by atoms with Crippen LogP contribution in [0, 0.1) is 6.92 Å². The quantitative estimate of drug-likeness (QED) is 0.715. The second kappa shape index (κ2) is 6.67. The van der Waals surface area contributed by atoms with Crippen LogP contribution in [0.25, 0.3) is 10.9 Å². The van der Waals surface area contributed by atoms with Crippen molar-refractivity contribution in [3.05, 3.63) is 64.7 Å². The first-order valence-electron chi connectivity index (χ1n) is 7.29. The van der Waals surface area contributed by atoms with Gasteiger partial charge in [0.2, 0.25) is 0 Å². The molecule has 0 fully saturated rings. The van der Waals surface area contributed by atoms with Gasteiger partial charge in [-0.05, 0) is 55.5 Å². The lowest BCUT2D eigenvalue weighted by molar-refractivity contribution is 0.415. The Hall–Kier alpha value is -2.93. The zero-order valence-corrected chi connectivity index (χ0v) is 14.1. The molecule has 122 valence electrons. The molecule has 1 aromatic heterocycles. The molecule has 0 unspecified atom stereocenters. The molecule has 1 heterocycles. The Kier molecular flexibility index (Phi) is 4.43. The van der Waals surface area contributed by atoms with Crippen LogP contribution in [-0.2, 0) is 0 Å². The molecule has 3 rings (SSSR count). The molecule has 0 bridgehead atoms. The van der Waals surface area contributed by atoms with E-state index in [2.05, 4.69) is 15.7 Å². The maximum Gasteiger partial charge on any atom is 0.280 e. The third-order valence-electron chi connectivity index (χ3n) is 3.50. The first-order valence-corrected chi connectivity index (χ1v) is 7.70. The molecular formula is C17H16N4O2S. The third kappa shape index (κ3) is 3.21. The Labute approximate surface area is 144 Å². The van der Waals surface area contributed by atoms with Crippen LogP contribution in [0.2, 0.25) is 0 Å². The summed E-state index contributed by atoms with van der Waals surface area (Å²) in [7, 11) is 1.61. The third-order valence-corrected chi connectivity index (χ3v) is 3.70. The van der Waals surface area contributed by atoms with Crippen LogP contribution in [0.15, 0.2) is 53.3 Å². The van der Waals surface area contributed by atoms with E-state index in [1.165, 1.54) is 4.68 Å². The van der Waals surface area contributed by atoms with Gasteiger partial charge in [-0.1, -0.05) is 12.1 Å². The fourth-order valence-electron chi connectivity index (χ4n) is 2.31. The van der Waals surface area contributed by atoms with E-state index in [-0.39, 0.29) is 5.56 Å². The Balaban J connectivity index is 1.83. The monoisotopic (exact) mass is 340 g/mol. The van der Waals surface area contributed by atoms with Gasteiger partial charge in [0.1, 0.15) is 11.6 Å². The van der Waals surface area contributed by atoms with E-state index in [1.54, 1.807) is 26.2 Å². The van der Waals surface area contributed by atoms with Crippen LogP contribution in [0.1, 0.15) is 5.82 Å². The average molecular weight is 340 g/mol. The van der Waals surface area contributed by atoms with Gasteiger partial charge in [0, 0.05) is 5.69 Å². The van der Waals surface area contributed by atoms with Crippen LogP contribution < -0.4 is 21.0 Å². The van der Waals surface area contributed by atoms with E-state index in [0.29, 0.717) is 21.8 Å². The van der Waals surface area contributed by atoms with E-state index in [4.69, 9.17) is 17.0 Å². The predicted octanol–water partition coefficient (Wildman–Crippen LogP) is 2.65. The fraction of sp³-hybridized carbons (Fsp3) is 0.118. The molecule has 0 atom stereocenters. The lowest BCUT2D eigenvalue weighted by Crippen LogP contribution is -2.37. The van der Waals surface area contributed by atoms with Gasteiger partial charge >= 0.3 is 0 Å². The number of methoxy groups -OCH3 is 1. The molecule has 0 radical (unpaired) electrons. The van der Waals surface area contributed by atoms with E-state index < -0.39 is 0 Å². The number of aromatic nitrogens is 2. The summed E-state index contributed by atoms with van der Waals surface area (Å²) in [5.41, 5.74) is 4.13. The number of hydrogen-bond acceptors (Lipinski definition) is 4. The molecule has 3 aromatic rings. The summed E-state index contributed by atoms with van der Waals surface area (Å²) in [6.07, 6.45) is 0. The van der Waals surface area contributed by atoms with Gasteiger partial charge in [-0.25, -0.2) is 9.66 Å². The highest BCUT2D eigenvalue weighted by Gasteiger charge is 2.09. The number of nitrogens with one attached hydrogen (secondary N) is 2. The van der Waals surface area contributed by atoms with Crippen molar-refractivity contribution in [3.8, 4) is 5.75 Å². The first kappa shape index (κ1) is 15.9. The van der Waals surface area contributed by atoms with E-state index in [1.807, 2.05) is 36.4 Å². The van der Waals surface area contributed by atoms with Crippen molar-refractivity contribution in [1.29, 1.82) is 0 Å². The van der Waals surface area contributed by atoms with E-state index in [9.17, 15) is 4.79 Å². The summed E-state index contributed by atoms with van der Waals surface area (Å²) in [6.45, 7) is 1.75. The summed E-state index contributed by atoms with van der Waals surface area (Å²) in [5, 5.41) is 3.85. The van der Waals surface area contributed by atoms with Gasteiger partial charge in [0.15, 0.2) is 5.11 Å². The molecule has 24 heavy (non-hydrogen) atoms. The van der Waals surface area contributed by atoms with Crippen molar-refractivity contribution in [2.45, 2.75) is 6.92 Å². The second-order valence-corrected chi connectivity index (χ2v) is 5.52. The second-order valence-electron chi connectivity index (χ2n) is 5.11. The zero-order valence-electron chi connectivity index (χ0n) is 13.2. The molecule has 2 N–H and O–H groups in total. The lowest BCUT2D eigenvalue weighted by atomic mass is 10.2. The Bertz CT molecular complexity index is 951. The summed E-state index contributed by atoms with van der Waals surface area (Å²) in [5.74, 6) is 1.28. The van der Waals surface area contributed by atoms with Gasteiger partial charge in [-0.3, -0.25) is 10.2 Å². The van der Waals surface area contributed by atoms with Gasteiger partial charge < -0.3 is 10.1 Å². The smallest absolute Gasteiger partial charge is 0.280 e. The predicted molar refractivity (Wildman–Crippen MR) is 99.3 cm³/mol. The van der Waals surface area contributed by atoms with Gasteiger partial charge in [0.05, 0.1) is 18.0 Å². The summed E-state index contributed by atoms with van der Waals surface area (Å²) < 4.78 is 6.45. The normalized spacial score (nSPS) is 10.4. The van der Waals surface area contributed by atoms with Gasteiger partial charge in [-0.15, -0.1) is 0 Å². The van der Waals surface area contributed by atoms with Crippen molar-refractivity contribution < 1.29 is 4.74 Å². The number of fused-ring (bicyclic) bond motifs is 1. The molecule has 2 aromatic carbocycles. The van der Waals surface area contributed by atoms with Crippen LogP contribution in [0.5, 0.6) is 5.75 Å². The maximum absolute atomic E-state index is 12.6. The molecule has 0 aliphatic carbocycles. The highest BCUT2D eigenvalue weighted by molar-refractivity contribution is 7.80. The van der Waals surface area contributed by atoms with Crippen LogP contribution in [-0.4, -0.2) is 21.9 Å². The molecule has 0 spiro atoms. The van der Waals surface area contributed by atoms with Crippen molar-refractivity contribution >= 4 is 33.9 Å². The number of rotatable bonds is 3. The van der Waals surface area contributed by atoms with Crippen LogP contribution in [0.4, 0.5) is 5.69 Å². The minimum absolute atomic E-state index is 0.197. The number of hydrogen-bond donors (Lipinski definition) is 2. The number of thiocarbonyl (C=S) groups is 1. The van der Waals surface area contributed by atoms with E-state index in [0.717, 1.165) is 11.4 Å². The number of benzene rings is 2. The highest BCUT2D eigenvalue weighted by Crippen LogP contribution is 2.15.